The summed E-state index contributed by atoms with van der Waals surface area (Å²) in [6, 6.07) is 5.19. The summed E-state index contributed by atoms with van der Waals surface area (Å²) < 4.78 is 0. The molecule has 7 heteroatoms. The first-order valence-electron chi connectivity index (χ1n) is 6.46. The van der Waals surface area contributed by atoms with Crippen LogP contribution in [-0.4, -0.2) is 26.5 Å². The van der Waals surface area contributed by atoms with Gasteiger partial charge in [-0.2, -0.15) is 0 Å². The topological polar surface area (TPSA) is 83.6 Å². The summed E-state index contributed by atoms with van der Waals surface area (Å²) in [5, 5.41) is 17.0. The van der Waals surface area contributed by atoms with E-state index < -0.39 is 0 Å². The maximum Gasteiger partial charge on any atom is 0.227 e. The Bertz CT molecular complexity index is 584. The lowest BCUT2D eigenvalue weighted by Crippen LogP contribution is -2.20. The highest BCUT2D eigenvalue weighted by molar-refractivity contribution is 6.31. The average molecular weight is 294 g/mol. The number of benzene rings is 1. The third-order valence-corrected chi connectivity index (χ3v) is 3.24. The van der Waals surface area contributed by atoms with Crippen LogP contribution in [0.1, 0.15) is 26.7 Å². The van der Waals surface area contributed by atoms with E-state index in [1.165, 1.54) is 0 Å². The van der Waals surface area contributed by atoms with Crippen molar-refractivity contribution in [1.82, 2.24) is 20.6 Å². The van der Waals surface area contributed by atoms with Crippen molar-refractivity contribution < 1.29 is 4.79 Å². The van der Waals surface area contributed by atoms with E-state index in [-0.39, 0.29) is 11.8 Å². The minimum atomic E-state index is -0.0558. The van der Waals surface area contributed by atoms with Gasteiger partial charge in [-0.05, 0) is 35.0 Å². The number of nitrogens with one attached hydrogen (secondary N) is 2. The van der Waals surface area contributed by atoms with Gasteiger partial charge in [0.1, 0.15) is 0 Å². The van der Waals surface area contributed by atoms with E-state index in [1.807, 2.05) is 6.92 Å². The lowest BCUT2D eigenvalue weighted by atomic mass is 10.0. The van der Waals surface area contributed by atoms with Gasteiger partial charge in [-0.3, -0.25) is 4.79 Å². The Kier molecular flexibility index (Phi) is 4.68. The molecule has 1 unspecified atom stereocenters. The number of nitrogens with zero attached hydrogens (tertiary/aromatic N) is 3. The number of halogens is 1. The molecule has 2 aromatic rings. The molecule has 2 N–H and O–H groups in total. The Morgan fingerprint density at radius 1 is 1.50 bits per heavy atom. The highest BCUT2D eigenvalue weighted by Gasteiger charge is 2.16. The van der Waals surface area contributed by atoms with Gasteiger partial charge >= 0.3 is 0 Å². The van der Waals surface area contributed by atoms with Crippen LogP contribution in [-0.2, 0) is 4.79 Å². The van der Waals surface area contributed by atoms with E-state index in [0.717, 1.165) is 12.8 Å². The Balaban J connectivity index is 2.26. The van der Waals surface area contributed by atoms with Crippen molar-refractivity contribution in [2.45, 2.75) is 26.7 Å². The second-order valence-electron chi connectivity index (χ2n) is 4.62. The van der Waals surface area contributed by atoms with Gasteiger partial charge < -0.3 is 5.32 Å². The van der Waals surface area contributed by atoms with Crippen LogP contribution in [0.5, 0.6) is 0 Å². The molecule has 0 bridgehead atoms. The second-order valence-corrected chi connectivity index (χ2v) is 5.06. The van der Waals surface area contributed by atoms with E-state index >= 15 is 0 Å². The number of rotatable bonds is 5. The predicted octanol–water partition coefficient (Wildman–Crippen LogP) is 2.89. The molecular formula is C13H16ClN5O. The molecule has 106 valence electrons. The molecule has 0 aliphatic carbocycles. The summed E-state index contributed by atoms with van der Waals surface area (Å²) in [7, 11) is 0. The first-order valence-corrected chi connectivity index (χ1v) is 6.84. The Labute approximate surface area is 121 Å². The van der Waals surface area contributed by atoms with Crippen LogP contribution in [0, 0.1) is 5.92 Å². The summed E-state index contributed by atoms with van der Waals surface area (Å²) in [5.41, 5.74) is 1.31. The Hall–Kier alpha value is -1.95. The van der Waals surface area contributed by atoms with E-state index in [0.29, 0.717) is 22.1 Å². The van der Waals surface area contributed by atoms with Gasteiger partial charge in [0.2, 0.25) is 5.91 Å². The minimum absolute atomic E-state index is 0.0390. The van der Waals surface area contributed by atoms with Gasteiger partial charge in [-0.1, -0.05) is 31.9 Å². The van der Waals surface area contributed by atoms with Gasteiger partial charge in [0.05, 0.1) is 5.69 Å². The molecule has 0 saturated carbocycles. The summed E-state index contributed by atoms with van der Waals surface area (Å²) in [6.45, 7) is 3.95. The van der Waals surface area contributed by atoms with Gasteiger partial charge in [0.15, 0.2) is 5.82 Å². The van der Waals surface area contributed by atoms with Crippen LogP contribution < -0.4 is 5.32 Å². The molecule has 20 heavy (non-hydrogen) atoms. The van der Waals surface area contributed by atoms with E-state index in [2.05, 4.69) is 32.9 Å². The molecule has 1 aromatic heterocycles. The highest BCUT2D eigenvalue weighted by atomic mass is 35.5. The summed E-state index contributed by atoms with van der Waals surface area (Å²) in [6.07, 6.45) is 1.80. The van der Waals surface area contributed by atoms with Crippen LogP contribution in [0.15, 0.2) is 18.2 Å². The van der Waals surface area contributed by atoms with Crippen LogP contribution >= 0.6 is 11.6 Å². The number of aromatic amines is 1. The average Bonchev–Trinajstić information content (AvgIpc) is 2.93. The first-order chi connectivity index (χ1) is 9.61. The van der Waals surface area contributed by atoms with Crippen molar-refractivity contribution in [2.24, 2.45) is 5.92 Å². The predicted molar refractivity (Wildman–Crippen MR) is 77.3 cm³/mol. The van der Waals surface area contributed by atoms with Gasteiger partial charge in [0.25, 0.3) is 0 Å². The van der Waals surface area contributed by atoms with Gasteiger partial charge in [-0.15, -0.1) is 5.10 Å². The van der Waals surface area contributed by atoms with Crippen molar-refractivity contribution >= 4 is 23.2 Å². The van der Waals surface area contributed by atoms with Crippen LogP contribution in [0.4, 0.5) is 5.69 Å². The van der Waals surface area contributed by atoms with Crippen molar-refractivity contribution in [3.05, 3.63) is 23.2 Å². The molecule has 1 amide bonds. The van der Waals surface area contributed by atoms with Crippen LogP contribution in [0.3, 0.4) is 0 Å². The third kappa shape index (κ3) is 3.33. The largest absolute Gasteiger partial charge is 0.325 e. The fourth-order valence-corrected chi connectivity index (χ4v) is 2.09. The zero-order chi connectivity index (χ0) is 14.5. The zero-order valence-electron chi connectivity index (χ0n) is 11.4. The molecule has 1 aromatic carbocycles. The Morgan fingerprint density at radius 2 is 2.30 bits per heavy atom. The highest BCUT2D eigenvalue weighted by Crippen LogP contribution is 2.28. The fraction of sp³-hybridized carbons (Fsp3) is 0.385. The van der Waals surface area contributed by atoms with Crippen molar-refractivity contribution in [3.8, 4) is 11.4 Å². The van der Waals surface area contributed by atoms with Crippen molar-refractivity contribution in [3.63, 3.8) is 0 Å². The lowest BCUT2D eigenvalue weighted by Gasteiger charge is -2.13. The van der Waals surface area contributed by atoms with Crippen LogP contribution in [0.2, 0.25) is 5.02 Å². The fourth-order valence-electron chi connectivity index (χ4n) is 1.92. The first kappa shape index (κ1) is 14.5. The zero-order valence-corrected chi connectivity index (χ0v) is 12.1. The maximum atomic E-state index is 12.1. The maximum absolute atomic E-state index is 12.1. The molecule has 0 radical (unpaired) electrons. The molecule has 6 nitrogen and oxygen atoms in total. The second kappa shape index (κ2) is 6.47. The number of hydrogen-bond acceptors (Lipinski definition) is 4. The number of tetrazole rings is 1. The molecular weight excluding hydrogens is 278 g/mol. The molecule has 0 fully saturated rings. The lowest BCUT2D eigenvalue weighted by molar-refractivity contribution is -0.119. The van der Waals surface area contributed by atoms with Gasteiger partial charge in [-0.25, -0.2) is 5.10 Å². The normalized spacial score (nSPS) is 12.2. The standard InChI is InChI=1S/C13H16ClN5O/c1-3-4-8(2)13(20)15-11-7-9(14)5-6-10(11)12-16-18-19-17-12/h5-8H,3-4H2,1-2H3,(H,15,20)(H,16,17,18,19). The minimum Gasteiger partial charge on any atom is -0.325 e. The Morgan fingerprint density at radius 3 is 2.95 bits per heavy atom. The van der Waals surface area contributed by atoms with E-state index in [9.17, 15) is 4.79 Å². The molecule has 1 atom stereocenters. The number of anilines is 1. The third-order valence-electron chi connectivity index (χ3n) is 3.01. The van der Waals surface area contributed by atoms with E-state index in [1.54, 1.807) is 18.2 Å². The molecule has 1 heterocycles. The number of aromatic nitrogens is 4. The summed E-state index contributed by atoms with van der Waals surface area (Å²) in [4.78, 5) is 12.1. The molecule has 0 saturated heterocycles. The molecule has 0 spiro atoms. The number of H-pyrrole nitrogens is 1. The quantitative estimate of drug-likeness (QED) is 0.888. The van der Waals surface area contributed by atoms with Crippen LogP contribution in [0.25, 0.3) is 11.4 Å². The molecule has 0 aliphatic rings. The molecule has 0 aliphatic heterocycles. The number of carbonyl (C=O) groups is 1. The summed E-state index contributed by atoms with van der Waals surface area (Å²) >= 11 is 5.99. The number of hydrogen-bond donors (Lipinski definition) is 2. The van der Waals surface area contributed by atoms with Gasteiger partial charge in [0, 0.05) is 16.5 Å². The van der Waals surface area contributed by atoms with Crippen molar-refractivity contribution in [1.29, 1.82) is 0 Å². The SMILES string of the molecule is CCCC(C)C(=O)Nc1cc(Cl)ccc1-c1nnn[nH]1. The van der Waals surface area contributed by atoms with E-state index in [4.69, 9.17) is 11.6 Å². The summed E-state index contributed by atoms with van der Waals surface area (Å²) in [5.74, 6) is 0.391. The van der Waals surface area contributed by atoms with Crippen molar-refractivity contribution in [2.75, 3.05) is 5.32 Å². The smallest absolute Gasteiger partial charge is 0.227 e. The number of carbonyl (C=O) groups excluding carboxylic acids is 1. The number of amides is 1. The molecule has 2 rings (SSSR count). The monoisotopic (exact) mass is 293 g/mol.